The SMILES string of the molecule is NC(=O)[N+]1(Cc2ccccc2)C=CC=C1. The third-order valence-corrected chi connectivity index (χ3v) is 2.51. The number of nitrogens with two attached hydrogens (primary N) is 1. The van der Waals surface area contributed by atoms with Crippen LogP contribution in [-0.2, 0) is 6.54 Å². The predicted octanol–water partition coefficient (Wildman–Crippen LogP) is 2.12. The van der Waals surface area contributed by atoms with Gasteiger partial charge in [0.25, 0.3) is 0 Å². The Morgan fingerprint density at radius 3 is 2.27 bits per heavy atom. The Labute approximate surface area is 88.7 Å². The van der Waals surface area contributed by atoms with Gasteiger partial charge in [0.1, 0.15) is 18.9 Å². The highest BCUT2D eigenvalue weighted by molar-refractivity contribution is 5.66. The Morgan fingerprint density at radius 2 is 1.73 bits per heavy atom. The second kappa shape index (κ2) is 3.71. The Morgan fingerprint density at radius 1 is 1.13 bits per heavy atom. The Balaban J connectivity index is 2.27. The van der Waals surface area contributed by atoms with Crippen LogP contribution < -0.4 is 5.73 Å². The average molecular weight is 201 g/mol. The topological polar surface area (TPSA) is 43.1 Å². The standard InChI is InChI=1S/C12H12N2O/c13-12(15)14(8-4-5-9-14)10-11-6-2-1-3-7-11/h1-9H,10H2,(H-,13,15)/p+1. The summed E-state index contributed by atoms with van der Waals surface area (Å²) in [5, 5.41) is 0. The molecule has 0 atom stereocenters. The van der Waals surface area contributed by atoms with Crippen LogP contribution in [0.5, 0.6) is 0 Å². The number of nitrogens with zero attached hydrogens (tertiary/aromatic N) is 1. The van der Waals surface area contributed by atoms with Gasteiger partial charge in [0.15, 0.2) is 0 Å². The van der Waals surface area contributed by atoms with E-state index in [0.717, 1.165) is 5.56 Å². The van der Waals surface area contributed by atoms with Crippen molar-refractivity contribution in [1.82, 2.24) is 0 Å². The monoisotopic (exact) mass is 201 g/mol. The number of benzene rings is 1. The third-order valence-electron chi connectivity index (χ3n) is 2.51. The summed E-state index contributed by atoms with van der Waals surface area (Å²) < 4.78 is 0.0734. The number of hydrogen-bond acceptors (Lipinski definition) is 1. The number of amides is 2. The normalized spacial score (nSPS) is 16.8. The summed E-state index contributed by atoms with van der Waals surface area (Å²) in [6, 6.07) is 9.48. The van der Waals surface area contributed by atoms with E-state index in [4.69, 9.17) is 5.73 Å². The maximum Gasteiger partial charge on any atom is 0.423 e. The number of rotatable bonds is 2. The first kappa shape index (κ1) is 9.68. The van der Waals surface area contributed by atoms with E-state index in [1.165, 1.54) is 0 Å². The molecule has 1 aliphatic heterocycles. The van der Waals surface area contributed by atoms with Crippen LogP contribution in [0.3, 0.4) is 0 Å². The molecular weight excluding hydrogens is 188 g/mol. The molecule has 0 aliphatic carbocycles. The molecule has 15 heavy (non-hydrogen) atoms. The van der Waals surface area contributed by atoms with Gasteiger partial charge < -0.3 is 5.73 Å². The second-order valence-electron chi connectivity index (χ2n) is 3.60. The lowest BCUT2D eigenvalue weighted by molar-refractivity contribution is -0.753. The number of allylic oxidation sites excluding steroid dienone is 2. The molecule has 0 spiro atoms. The second-order valence-corrected chi connectivity index (χ2v) is 3.60. The minimum Gasteiger partial charge on any atom is -0.318 e. The lowest BCUT2D eigenvalue weighted by Crippen LogP contribution is -2.45. The summed E-state index contributed by atoms with van der Waals surface area (Å²) in [5.41, 5.74) is 6.50. The first-order chi connectivity index (χ1) is 7.23. The van der Waals surface area contributed by atoms with Gasteiger partial charge >= 0.3 is 6.03 Å². The summed E-state index contributed by atoms with van der Waals surface area (Å²) in [5.74, 6) is 0. The molecule has 2 amide bonds. The Hall–Kier alpha value is -1.87. The van der Waals surface area contributed by atoms with Gasteiger partial charge in [-0.1, -0.05) is 30.3 Å². The van der Waals surface area contributed by atoms with Gasteiger partial charge in [0, 0.05) is 5.56 Å². The highest BCUT2D eigenvalue weighted by Crippen LogP contribution is 2.20. The number of carbonyl (C=O) groups is 1. The van der Waals surface area contributed by atoms with Crippen LogP contribution in [0.2, 0.25) is 0 Å². The number of quaternary nitrogens is 1. The van der Waals surface area contributed by atoms with Crippen molar-refractivity contribution in [1.29, 1.82) is 0 Å². The molecule has 0 saturated carbocycles. The molecule has 3 nitrogen and oxygen atoms in total. The van der Waals surface area contributed by atoms with Gasteiger partial charge in [-0.3, -0.25) is 0 Å². The van der Waals surface area contributed by atoms with Gasteiger partial charge in [-0.25, -0.2) is 4.79 Å². The molecule has 1 heterocycles. The van der Waals surface area contributed by atoms with Crippen molar-refractivity contribution in [2.45, 2.75) is 6.54 Å². The van der Waals surface area contributed by atoms with Crippen molar-refractivity contribution in [3.63, 3.8) is 0 Å². The van der Waals surface area contributed by atoms with Gasteiger partial charge in [0.05, 0.1) is 0 Å². The quantitative estimate of drug-likeness (QED) is 0.732. The van der Waals surface area contributed by atoms with Gasteiger partial charge in [0.2, 0.25) is 0 Å². The van der Waals surface area contributed by atoms with Crippen molar-refractivity contribution in [2.75, 3.05) is 0 Å². The summed E-state index contributed by atoms with van der Waals surface area (Å²) in [6.07, 6.45) is 7.28. The van der Waals surface area contributed by atoms with Crippen LogP contribution in [0.1, 0.15) is 5.56 Å². The third kappa shape index (κ3) is 1.82. The van der Waals surface area contributed by atoms with Crippen LogP contribution in [0.25, 0.3) is 0 Å². The largest absolute Gasteiger partial charge is 0.423 e. The fourth-order valence-corrected chi connectivity index (χ4v) is 1.67. The Kier molecular flexibility index (Phi) is 2.39. The van der Waals surface area contributed by atoms with Crippen molar-refractivity contribution in [2.24, 2.45) is 5.73 Å². The van der Waals surface area contributed by atoms with Crippen LogP contribution in [0, 0.1) is 0 Å². The molecule has 0 bridgehead atoms. The number of carbonyl (C=O) groups excluding carboxylic acids is 1. The minimum absolute atomic E-state index is 0.0734. The van der Waals surface area contributed by atoms with Gasteiger partial charge in [-0.2, -0.15) is 4.48 Å². The van der Waals surface area contributed by atoms with E-state index in [1.54, 1.807) is 12.4 Å². The van der Waals surface area contributed by atoms with E-state index in [1.807, 2.05) is 42.5 Å². The zero-order valence-corrected chi connectivity index (χ0v) is 8.34. The average Bonchev–Trinajstić information content (AvgIpc) is 2.69. The van der Waals surface area contributed by atoms with Crippen LogP contribution >= 0.6 is 0 Å². The zero-order chi connectivity index (χ0) is 10.7. The van der Waals surface area contributed by atoms with Crippen molar-refractivity contribution in [3.8, 4) is 0 Å². The molecule has 2 N–H and O–H groups in total. The molecule has 0 radical (unpaired) electrons. The molecule has 0 fully saturated rings. The zero-order valence-electron chi connectivity index (χ0n) is 8.34. The molecule has 0 unspecified atom stereocenters. The first-order valence-corrected chi connectivity index (χ1v) is 4.81. The molecule has 76 valence electrons. The van der Waals surface area contributed by atoms with E-state index < -0.39 is 0 Å². The van der Waals surface area contributed by atoms with E-state index in [9.17, 15) is 4.79 Å². The molecule has 1 aliphatic rings. The lowest BCUT2D eigenvalue weighted by atomic mass is 10.2. The first-order valence-electron chi connectivity index (χ1n) is 4.81. The lowest BCUT2D eigenvalue weighted by Gasteiger charge is -2.23. The number of urea groups is 1. The molecule has 1 aromatic carbocycles. The van der Waals surface area contributed by atoms with Crippen LogP contribution in [0.4, 0.5) is 4.79 Å². The van der Waals surface area contributed by atoms with Crippen LogP contribution in [0.15, 0.2) is 54.9 Å². The van der Waals surface area contributed by atoms with Gasteiger partial charge in [-0.05, 0) is 12.2 Å². The predicted molar refractivity (Wildman–Crippen MR) is 58.3 cm³/mol. The summed E-state index contributed by atoms with van der Waals surface area (Å²) in [7, 11) is 0. The molecule has 2 rings (SSSR count). The molecule has 0 saturated heterocycles. The Bertz CT molecular complexity index is 409. The fourth-order valence-electron chi connectivity index (χ4n) is 1.67. The number of primary amides is 1. The maximum atomic E-state index is 11.4. The van der Waals surface area contributed by atoms with E-state index in [0.29, 0.717) is 6.54 Å². The van der Waals surface area contributed by atoms with Crippen molar-refractivity contribution in [3.05, 3.63) is 60.4 Å². The smallest absolute Gasteiger partial charge is 0.318 e. The summed E-state index contributed by atoms with van der Waals surface area (Å²) in [6.45, 7) is 0.573. The van der Waals surface area contributed by atoms with Crippen molar-refractivity contribution < 1.29 is 9.28 Å². The molecule has 3 heteroatoms. The molecule has 0 aromatic heterocycles. The molecular formula is C12H13N2O+. The summed E-state index contributed by atoms with van der Waals surface area (Å²) in [4.78, 5) is 11.4. The highest BCUT2D eigenvalue weighted by atomic mass is 16.2. The van der Waals surface area contributed by atoms with Crippen LogP contribution in [-0.4, -0.2) is 10.5 Å². The fraction of sp³-hybridized carbons (Fsp3) is 0.0833. The van der Waals surface area contributed by atoms with E-state index >= 15 is 0 Å². The van der Waals surface area contributed by atoms with E-state index in [2.05, 4.69) is 0 Å². The number of hydrogen-bond donors (Lipinski definition) is 1. The molecule has 1 aromatic rings. The van der Waals surface area contributed by atoms with E-state index in [-0.39, 0.29) is 10.5 Å². The highest BCUT2D eigenvalue weighted by Gasteiger charge is 2.32. The summed E-state index contributed by atoms with van der Waals surface area (Å²) >= 11 is 0. The maximum absolute atomic E-state index is 11.4. The minimum atomic E-state index is -0.358. The van der Waals surface area contributed by atoms with Gasteiger partial charge in [-0.15, -0.1) is 0 Å². The van der Waals surface area contributed by atoms with Crippen molar-refractivity contribution >= 4 is 6.03 Å².